The van der Waals surface area contributed by atoms with Crippen molar-refractivity contribution in [3.05, 3.63) is 82.4 Å². The summed E-state index contributed by atoms with van der Waals surface area (Å²) in [7, 11) is 7.48. The Labute approximate surface area is 219 Å². The molecular formula is C32H42NO2P. The quantitative estimate of drug-likeness (QED) is 0.314. The zero-order chi connectivity index (χ0) is 26.0. The average molecular weight is 504 g/mol. The van der Waals surface area contributed by atoms with Crippen molar-refractivity contribution in [3.8, 4) is 11.5 Å². The minimum absolute atomic E-state index is 0.407. The van der Waals surface area contributed by atoms with Gasteiger partial charge in [-0.3, -0.25) is 0 Å². The summed E-state index contributed by atoms with van der Waals surface area (Å²) in [5.74, 6) is 2.61. The second-order valence-corrected chi connectivity index (χ2v) is 13.0. The van der Waals surface area contributed by atoms with Crippen LogP contribution in [-0.4, -0.2) is 38.9 Å². The Morgan fingerprint density at radius 2 is 1.22 bits per heavy atom. The fraction of sp³-hybridized carbons (Fsp3) is 0.438. The first-order valence-electron chi connectivity index (χ1n) is 13.1. The molecule has 1 saturated carbocycles. The fourth-order valence-corrected chi connectivity index (χ4v) is 10.1. The van der Waals surface area contributed by atoms with Gasteiger partial charge in [-0.05, 0) is 137 Å². The molecule has 0 amide bonds. The molecule has 1 aliphatic rings. The van der Waals surface area contributed by atoms with Crippen LogP contribution in [0.15, 0.2) is 54.6 Å². The lowest BCUT2D eigenvalue weighted by molar-refractivity contribution is 0.217. The Hall–Kier alpha value is -2.35. The molecule has 36 heavy (non-hydrogen) atoms. The van der Waals surface area contributed by atoms with Crippen molar-refractivity contribution in [2.24, 2.45) is 5.92 Å². The van der Waals surface area contributed by atoms with E-state index in [2.05, 4.69) is 101 Å². The summed E-state index contributed by atoms with van der Waals surface area (Å²) in [6, 6.07) is 21.1. The smallest absolute Gasteiger partial charge is 0.124 e. The predicted octanol–water partition coefficient (Wildman–Crippen LogP) is 6.84. The fourth-order valence-electron chi connectivity index (χ4n) is 6.55. The highest BCUT2D eigenvalue weighted by molar-refractivity contribution is 7.73. The topological polar surface area (TPSA) is 21.7 Å². The monoisotopic (exact) mass is 503 g/mol. The van der Waals surface area contributed by atoms with Crippen molar-refractivity contribution in [1.29, 1.82) is 0 Å². The Bertz CT molecular complexity index is 1080. The van der Waals surface area contributed by atoms with Gasteiger partial charge in [0.1, 0.15) is 11.5 Å². The molecule has 3 aromatic rings. The van der Waals surface area contributed by atoms with E-state index in [-0.39, 0.29) is 0 Å². The van der Waals surface area contributed by atoms with Crippen LogP contribution in [0.2, 0.25) is 0 Å². The first-order valence-corrected chi connectivity index (χ1v) is 14.5. The standard InChI is InChI=1S/C32H42NO2P/c1-21-17-26(18-22(2)31(21)34-7)36(27-19-23(3)32(35-8)24(4)20-27)29-16-12-15-28(29)30(33(5)6)25-13-10-9-11-14-25/h9-11,13-14,17-20,28-30H,12,15-16H2,1-8H3/t28?,29?,30-/m0/s1. The normalized spacial score (nSPS) is 18.6. The maximum Gasteiger partial charge on any atom is 0.124 e. The first kappa shape index (κ1) is 26.7. The predicted molar refractivity (Wildman–Crippen MR) is 155 cm³/mol. The van der Waals surface area contributed by atoms with Gasteiger partial charge >= 0.3 is 0 Å². The highest BCUT2D eigenvalue weighted by Crippen LogP contribution is 2.55. The Morgan fingerprint density at radius 3 is 1.64 bits per heavy atom. The summed E-state index contributed by atoms with van der Waals surface area (Å²) >= 11 is 0. The van der Waals surface area contributed by atoms with Gasteiger partial charge in [0.25, 0.3) is 0 Å². The maximum absolute atomic E-state index is 5.74. The molecule has 192 valence electrons. The summed E-state index contributed by atoms with van der Waals surface area (Å²) in [6.45, 7) is 8.75. The molecule has 2 unspecified atom stereocenters. The van der Waals surface area contributed by atoms with E-state index in [1.807, 2.05) is 0 Å². The summed E-state index contributed by atoms with van der Waals surface area (Å²) in [5.41, 5.74) is 6.94. The highest BCUT2D eigenvalue weighted by Gasteiger charge is 2.41. The number of aryl methyl sites for hydroxylation is 4. The van der Waals surface area contributed by atoms with E-state index >= 15 is 0 Å². The van der Waals surface area contributed by atoms with Gasteiger partial charge in [0.15, 0.2) is 0 Å². The second kappa shape index (κ2) is 11.4. The molecule has 4 rings (SSSR count). The third-order valence-electron chi connectivity index (χ3n) is 7.82. The van der Waals surface area contributed by atoms with Crippen LogP contribution in [0.1, 0.15) is 53.1 Å². The molecule has 0 aliphatic heterocycles. The largest absolute Gasteiger partial charge is 0.496 e. The van der Waals surface area contributed by atoms with Gasteiger partial charge in [0, 0.05) is 6.04 Å². The number of methoxy groups -OCH3 is 2. The van der Waals surface area contributed by atoms with Crippen LogP contribution < -0.4 is 20.1 Å². The molecule has 4 heteroatoms. The molecule has 3 nitrogen and oxygen atoms in total. The van der Waals surface area contributed by atoms with E-state index in [1.54, 1.807) is 14.2 Å². The molecule has 0 heterocycles. The minimum atomic E-state index is -0.576. The van der Waals surface area contributed by atoms with E-state index in [4.69, 9.17) is 9.47 Å². The van der Waals surface area contributed by atoms with Gasteiger partial charge in [-0.1, -0.05) is 36.8 Å². The van der Waals surface area contributed by atoms with Crippen LogP contribution >= 0.6 is 7.92 Å². The molecule has 0 spiro atoms. The van der Waals surface area contributed by atoms with Crippen LogP contribution in [0.25, 0.3) is 0 Å². The third-order valence-corrected chi connectivity index (χ3v) is 10.8. The first-order chi connectivity index (χ1) is 17.3. The Balaban J connectivity index is 1.88. The Morgan fingerprint density at radius 1 is 0.750 bits per heavy atom. The lowest BCUT2D eigenvalue weighted by Crippen LogP contribution is -2.34. The lowest BCUT2D eigenvalue weighted by Gasteiger charge is -2.38. The average Bonchev–Trinajstić information content (AvgIpc) is 3.28. The molecule has 0 aromatic heterocycles. The molecule has 3 atom stereocenters. The molecular weight excluding hydrogens is 461 g/mol. The highest BCUT2D eigenvalue weighted by atomic mass is 31.1. The van der Waals surface area contributed by atoms with Crippen molar-refractivity contribution in [2.45, 2.75) is 58.7 Å². The van der Waals surface area contributed by atoms with Crippen LogP contribution in [0.4, 0.5) is 0 Å². The van der Waals surface area contributed by atoms with Gasteiger partial charge < -0.3 is 14.4 Å². The zero-order valence-electron chi connectivity index (χ0n) is 23.3. The van der Waals surface area contributed by atoms with Crippen molar-refractivity contribution < 1.29 is 9.47 Å². The van der Waals surface area contributed by atoms with Gasteiger partial charge in [-0.15, -0.1) is 0 Å². The number of nitrogens with zero attached hydrogens (tertiary/aromatic N) is 1. The summed E-state index contributed by atoms with van der Waals surface area (Å²) in [4.78, 5) is 2.45. The summed E-state index contributed by atoms with van der Waals surface area (Å²) < 4.78 is 11.5. The minimum Gasteiger partial charge on any atom is -0.496 e. The number of hydrogen-bond acceptors (Lipinski definition) is 3. The SMILES string of the molecule is COc1c(C)cc(P(c2cc(C)c(OC)c(C)c2)C2CCCC2[C@H](c2ccccc2)N(C)C)cc1C. The van der Waals surface area contributed by atoms with E-state index in [0.717, 1.165) is 11.5 Å². The number of hydrogen-bond donors (Lipinski definition) is 0. The summed E-state index contributed by atoms with van der Waals surface area (Å²) in [6.07, 6.45) is 3.82. The molecule has 0 saturated heterocycles. The van der Waals surface area contributed by atoms with Crippen molar-refractivity contribution in [1.82, 2.24) is 4.90 Å². The van der Waals surface area contributed by atoms with Crippen LogP contribution in [0.3, 0.4) is 0 Å². The van der Waals surface area contributed by atoms with Gasteiger partial charge in [-0.25, -0.2) is 0 Å². The molecule has 0 bridgehead atoms. The molecule has 0 radical (unpaired) electrons. The maximum atomic E-state index is 5.74. The third kappa shape index (κ3) is 5.20. The lowest BCUT2D eigenvalue weighted by atomic mass is 9.90. The van der Waals surface area contributed by atoms with Crippen LogP contribution in [0, 0.1) is 33.6 Å². The van der Waals surface area contributed by atoms with E-state index < -0.39 is 7.92 Å². The van der Waals surface area contributed by atoms with Crippen LogP contribution in [-0.2, 0) is 0 Å². The Kier molecular flexibility index (Phi) is 8.43. The second-order valence-electron chi connectivity index (χ2n) is 10.6. The van der Waals surface area contributed by atoms with E-state index in [0.29, 0.717) is 17.6 Å². The van der Waals surface area contributed by atoms with Gasteiger partial charge in [0.2, 0.25) is 0 Å². The molecule has 1 fully saturated rings. The van der Waals surface area contributed by atoms with E-state index in [1.165, 1.54) is 57.7 Å². The zero-order valence-corrected chi connectivity index (χ0v) is 24.2. The molecule has 3 aromatic carbocycles. The number of ether oxygens (including phenoxy) is 2. The summed E-state index contributed by atoms with van der Waals surface area (Å²) in [5, 5.41) is 2.93. The number of rotatable bonds is 8. The number of benzene rings is 3. The van der Waals surface area contributed by atoms with Crippen molar-refractivity contribution in [2.75, 3.05) is 28.3 Å². The van der Waals surface area contributed by atoms with Crippen molar-refractivity contribution >= 4 is 18.5 Å². The van der Waals surface area contributed by atoms with Crippen molar-refractivity contribution in [3.63, 3.8) is 0 Å². The molecule has 0 N–H and O–H groups in total. The van der Waals surface area contributed by atoms with E-state index in [9.17, 15) is 0 Å². The van der Waals surface area contributed by atoms with Gasteiger partial charge in [0.05, 0.1) is 14.2 Å². The van der Waals surface area contributed by atoms with Crippen LogP contribution in [0.5, 0.6) is 11.5 Å². The molecule has 1 aliphatic carbocycles. The van der Waals surface area contributed by atoms with Gasteiger partial charge in [-0.2, -0.15) is 0 Å².